The van der Waals surface area contributed by atoms with Crippen LogP contribution in [0, 0.1) is 0 Å². The van der Waals surface area contributed by atoms with E-state index in [1.165, 1.54) is 4.90 Å². The van der Waals surface area contributed by atoms with E-state index in [1.54, 1.807) is 31.2 Å². The number of amides is 1. The smallest absolute Gasteiger partial charge is 0.326 e. The molecule has 1 N–H and O–H groups in total. The normalized spacial score (nSPS) is 19.9. The van der Waals surface area contributed by atoms with Crippen molar-refractivity contribution in [3.05, 3.63) is 29.3 Å². The fraction of sp³-hybridized carbons (Fsp3) is 0.467. The minimum absolute atomic E-state index is 0.304. The van der Waals surface area contributed by atoms with Gasteiger partial charge in [0.1, 0.15) is 11.8 Å². The highest BCUT2D eigenvalue weighted by molar-refractivity contribution is 6.30. The zero-order chi connectivity index (χ0) is 15.4. The maximum atomic E-state index is 12.4. The van der Waals surface area contributed by atoms with Gasteiger partial charge in [-0.05, 0) is 44.4 Å². The molecule has 114 valence electrons. The number of carbonyl (C=O) groups excluding carboxylic acids is 1. The van der Waals surface area contributed by atoms with Crippen molar-refractivity contribution in [2.24, 2.45) is 0 Å². The van der Waals surface area contributed by atoms with E-state index in [4.69, 9.17) is 16.3 Å². The first-order chi connectivity index (χ1) is 9.99. The molecule has 0 spiro atoms. The van der Waals surface area contributed by atoms with Gasteiger partial charge in [0.25, 0.3) is 5.91 Å². The Hall–Kier alpha value is -1.75. The summed E-state index contributed by atoms with van der Waals surface area (Å²) >= 11 is 5.87. The zero-order valence-corrected chi connectivity index (χ0v) is 12.5. The third-order valence-electron chi connectivity index (χ3n) is 3.53. The van der Waals surface area contributed by atoms with Crippen molar-refractivity contribution < 1.29 is 19.4 Å². The first-order valence-corrected chi connectivity index (χ1v) is 7.32. The molecule has 1 aromatic carbocycles. The summed E-state index contributed by atoms with van der Waals surface area (Å²) in [6.07, 6.45) is 1.39. The molecule has 1 aromatic rings. The van der Waals surface area contributed by atoms with E-state index in [-0.39, 0.29) is 5.91 Å². The van der Waals surface area contributed by atoms with E-state index in [0.29, 0.717) is 23.7 Å². The summed E-state index contributed by atoms with van der Waals surface area (Å²) in [5.74, 6) is -0.771. The molecule has 1 fully saturated rings. The lowest BCUT2D eigenvalue weighted by Gasteiger charge is -2.34. The monoisotopic (exact) mass is 311 g/mol. The molecule has 1 saturated heterocycles. The number of piperidine rings is 1. The Morgan fingerprint density at radius 3 is 2.86 bits per heavy atom. The molecule has 1 amide bonds. The van der Waals surface area contributed by atoms with Gasteiger partial charge in [0.2, 0.25) is 0 Å². The highest BCUT2D eigenvalue weighted by atomic mass is 35.5. The molecular weight excluding hydrogens is 294 g/mol. The van der Waals surface area contributed by atoms with Crippen LogP contribution in [0.3, 0.4) is 0 Å². The lowest BCUT2D eigenvalue weighted by atomic mass is 10.0. The molecule has 2 rings (SSSR count). The predicted molar refractivity (Wildman–Crippen MR) is 78.5 cm³/mol. The van der Waals surface area contributed by atoms with Crippen molar-refractivity contribution in [3.63, 3.8) is 0 Å². The van der Waals surface area contributed by atoms with Crippen molar-refractivity contribution in [2.75, 3.05) is 6.54 Å². The van der Waals surface area contributed by atoms with E-state index >= 15 is 0 Å². The second-order valence-electron chi connectivity index (χ2n) is 5.10. The minimum Gasteiger partial charge on any atom is -0.481 e. The van der Waals surface area contributed by atoms with Gasteiger partial charge in [-0.1, -0.05) is 17.7 Å². The second kappa shape index (κ2) is 6.80. The Morgan fingerprint density at radius 2 is 2.19 bits per heavy atom. The van der Waals surface area contributed by atoms with Crippen LogP contribution in [0.15, 0.2) is 24.3 Å². The number of carboxylic acid groups (broad SMARTS) is 1. The number of likely N-dealkylation sites (tertiary alicyclic amines) is 1. The molecule has 0 aromatic heterocycles. The summed E-state index contributed by atoms with van der Waals surface area (Å²) in [5, 5.41) is 9.74. The third-order valence-corrected chi connectivity index (χ3v) is 3.76. The highest BCUT2D eigenvalue weighted by Crippen LogP contribution is 2.22. The third kappa shape index (κ3) is 3.88. The van der Waals surface area contributed by atoms with Crippen LogP contribution >= 0.6 is 11.6 Å². The van der Waals surface area contributed by atoms with Crippen LogP contribution in [-0.2, 0) is 9.59 Å². The molecule has 1 heterocycles. The first-order valence-electron chi connectivity index (χ1n) is 6.94. The number of carboxylic acids is 1. The Kier molecular flexibility index (Phi) is 5.07. The fourth-order valence-corrected chi connectivity index (χ4v) is 2.66. The maximum absolute atomic E-state index is 12.4. The summed E-state index contributed by atoms with van der Waals surface area (Å²) in [6.45, 7) is 2.08. The van der Waals surface area contributed by atoms with Crippen LogP contribution in [0.25, 0.3) is 0 Å². The van der Waals surface area contributed by atoms with Crippen LogP contribution < -0.4 is 4.74 Å². The molecule has 6 heteroatoms. The Bertz CT molecular complexity index is 534. The summed E-state index contributed by atoms with van der Waals surface area (Å²) in [6, 6.07) is 6.02. The average molecular weight is 312 g/mol. The van der Waals surface area contributed by atoms with Crippen molar-refractivity contribution in [2.45, 2.75) is 38.3 Å². The van der Waals surface area contributed by atoms with Crippen LogP contribution in [0.1, 0.15) is 26.2 Å². The molecule has 0 aliphatic carbocycles. The zero-order valence-electron chi connectivity index (χ0n) is 11.8. The van der Waals surface area contributed by atoms with Gasteiger partial charge in [-0.3, -0.25) is 4.79 Å². The molecule has 1 aliphatic heterocycles. The highest BCUT2D eigenvalue weighted by Gasteiger charge is 2.34. The van der Waals surface area contributed by atoms with Gasteiger partial charge in [-0.25, -0.2) is 4.79 Å². The molecule has 5 nitrogen and oxygen atoms in total. The number of carbonyl (C=O) groups is 2. The van der Waals surface area contributed by atoms with Crippen LogP contribution in [0.4, 0.5) is 0 Å². The maximum Gasteiger partial charge on any atom is 0.326 e. The van der Waals surface area contributed by atoms with Crippen LogP contribution in [-0.4, -0.2) is 40.6 Å². The first kappa shape index (κ1) is 15.6. The van der Waals surface area contributed by atoms with Gasteiger partial charge in [-0.15, -0.1) is 0 Å². The Labute approximate surface area is 128 Å². The summed E-state index contributed by atoms with van der Waals surface area (Å²) in [5.41, 5.74) is 0. The molecule has 0 radical (unpaired) electrons. The molecule has 21 heavy (non-hydrogen) atoms. The van der Waals surface area contributed by atoms with E-state index in [2.05, 4.69) is 0 Å². The minimum atomic E-state index is -0.960. The van der Waals surface area contributed by atoms with E-state index in [9.17, 15) is 14.7 Å². The lowest BCUT2D eigenvalue weighted by molar-refractivity contribution is -0.155. The molecule has 0 bridgehead atoms. The van der Waals surface area contributed by atoms with Gasteiger partial charge < -0.3 is 14.7 Å². The number of benzene rings is 1. The Balaban J connectivity index is 2.05. The quantitative estimate of drug-likeness (QED) is 0.928. The van der Waals surface area contributed by atoms with Crippen molar-refractivity contribution >= 4 is 23.5 Å². The largest absolute Gasteiger partial charge is 0.481 e. The standard InChI is InChI=1S/C15H18ClNO4/c1-10(21-12-6-4-5-11(16)9-12)14(18)17-8-3-2-7-13(17)15(19)20/h4-6,9-10,13H,2-3,7-8H2,1H3,(H,19,20)/t10?,13-/m0/s1. The van der Waals surface area contributed by atoms with Crippen LogP contribution in [0.2, 0.25) is 5.02 Å². The number of hydrogen-bond donors (Lipinski definition) is 1. The van der Waals surface area contributed by atoms with Gasteiger partial charge in [0.05, 0.1) is 0 Å². The van der Waals surface area contributed by atoms with Gasteiger partial charge in [0, 0.05) is 11.6 Å². The lowest BCUT2D eigenvalue weighted by Crippen LogP contribution is -2.52. The number of hydrogen-bond acceptors (Lipinski definition) is 3. The molecule has 1 unspecified atom stereocenters. The SMILES string of the molecule is CC(Oc1cccc(Cl)c1)C(=O)N1CCCC[C@H]1C(=O)O. The predicted octanol–water partition coefficient (Wildman–Crippen LogP) is 2.57. The molecule has 1 aliphatic rings. The van der Waals surface area contributed by atoms with Gasteiger partial charge in [-0.2, -0.15) is 0 Å². The number of aliphatic carboxylic acids is 1. The number of rotatable bonds is 4. The molecule has 0 saturated carbocycles. The van der Waals surface area contributed by atoms with E-state index in [0.717, 1.165) is 12.8 Å². The summed E-state index contributed by atoms with van der Waals surface area (Å²) in [7, 11) is 0. The van der Waals surface area contributed by atoms with E-state index in [1.807, 2.05) is 0 Å². The molecular formula is C15H18ClNO4. The average Bonchev–Trinajstić information content (AvgIpc) is 2.46. The van der Waals surface area contributed by atoms with Crippen molar-refractivity contribution in [3.8, 4) is 5.75 Å². The second-order valence-corrected chi connectivity index (χ2v) is 5.54. The van der Waals surface area contributed by atoms with Gasteiger partial charge >= 0.3 is 5.97 Å². The number of nitrogens with zero attached hydrogens (tertiary/aromatic N) is 1. The summed E-state index contributed by atoms with van der Waals surface area (Å²) in [4.78, 5) is 25.1. The van der Waals surface area contributed by atoms with Crippen LogP contribution in [0.5, 0.6) is 5.75 Å². The van der Waals surface area contributed by atoms with E-state index < -0.39 is 18.1 Å². The van der Waals surface area contributed by atoms with Crippen molar-refractivity contribution in [1.29, 1.82) is 0 Å². The molecule has 2 atom stereocenters. The topological polar surface area (TPSA) is 66.8 Å². The van der Waals surface area contributed by atoms with Gasteiger partial charge in [0.15, 0.2) is 6.10 Å². The number of halogens is 1. The summed E-state index contributed by atoms with van der Waals surface area (Å²) < 4.78 is 5.57. The fourth-order valence-electron chi connectivity index (χ4n) is 2.48. The van der Waals surface area contributed by atoms with Crippen molar-refractivity contribution in [1.82, 2.24) is 4.90 Å². The number of ether oxygens (including phenoxy) is 1. The Morgan fingerprint density at radius 1 is 1.43 bits per heavy atom.